The van der Waals surface area contributed by atoms with E-state index in [-0.39, 0.29) is 35.6 Å². The van der Waals surface area contributed by atoms with Crippen molar-refractivity contribution in [2.24, 2.45) is 11.7 Å². The predicted octanol–water partition coefficient (Wildman–Crippen LogP) is 2.91. The van der Waals surface area contributed by atoms with Crippen LogP contribution in [0.5, 0.6) is 0 Å². The van der Waals surface area contributed by atoms with Gasteiger partial charge in [-0.1, -0.05) is 18.6 Å². The van der Waals surface area contributed by atoms with E-state index in [0.29, 0.717) is 18.9 Å². The van der Waals surface area contributed by atoms with Gasteiger partial charge in [0.2, 0.25) is 5.91 Å². The average molecular weight is 327 g/mol. The van der Waals surface area contributed by atoms with E-state index in [4.69, 9.17) is 5.73 Å². The molecule has 122 valence electrons. The molecule has 2 fully saturated rings. The summed E-state index contributed by atoms with van der Waals surface area (Å²) in [6, 6.07) is 6.92. The molecule has 2 saturated carbocycles. The lowest BCUT2D eigenvalue weighted by Crippen LogP contribution is -2.35. The molecule has 2 aliphatic carbocycles. The third-order valence-electron chi connectivity index (χ3n) is 5.08. The van der Waals surface area contributed by atoms with Crippen molar-refractivity contribution in [2.45, 2.75) is 50.0 Å². The molecule has 2 atom stereocenters. The van der Waals surface area contributed by atoms with Gasteiger partial charge in [0.1, 0.15) is 5.82 Å². The molecule has 0 heterocycles. The fraction of sp³-hybridized carbons (Fsp3) is 0.588. The maximum atomic E-state index is 13.3. The summed E-state index contributed by atoms with van der Waals surface area (Å²) >= 11 is 0. The summed E-state index contributed by atoms with van der Waals surface area (Å²) < 4.78 is 13.3. The van der Waals surface area contributed by atoms with Gasteiger partial charge < -0.3 is 11.1 Å². The van der Waals surface area contributed by atoms with Gasteiger partial charge in [-0.25, -0.2) is 4.39 Å². The number of rotatable bonds is 5. The number of amides is 1. The van der Waals surface area contributed by atoms with Gasteiger partial charge in [0.05, 0.1) is 0 Å². The molecule has 22 heavy (non-hydrogen) atoms. The average Bonchev–Trinajstić information content (AvgIpc) is 3.16. The topological polar surface area (TPSA) is 55.1 Å². The summed E-state index contributed by atoms with van der Waals surface area (Å²) in [5, 5.41) is 3.03. The normalized spacial score (nSPS) is 25.4. The van der Waals surface area contributed by atoms with E-state index in [1.54, 1.807) is 12.1 Å². The lowest BCUT2D eigenvalue weighted by molar-refractivity contribution is -0.122. The quantitative estimate of drug-likeness (QED) is 0.874. The first-order valence-corrected chi connectivity index (χ1v) is 7.87. The van der Waals surface area contributed by atoms with Crippen LogP contribution in [0, 0.1) is 11.7 Å². The smallest absolute Gasteiger partial charge is 0.220 e. The summed E-state index contributed by atoms with van der Waals surface area (Å²) in [4.78, 5) is 12.1. The predicted molar refractivity (Wildman–Crippen MR) is 87.5 cm³/mol. The molecular weight excluding hydrogens is 303 g/mol. The molecule has 0 spiro atoms. The molecule has 1 aromatic carbocycles. The molecule has 0 saturated heterocycles. The van der Waals surface area contributed by atoms with Crippen LogP contribution in [-0.4, -0.2) is 18.5 Å². The molecule has 0 aromatic heterocycles. The second kappa shape index (κ2) is 6.97. The van der Waals surface area contributed by atoms with Crippen LogP contribution in [0.4, 0.5) is 4.39 Å². The van der Waals surface area contributed by atoms with E-state index in [1.165, 1.54) is 6.07 Å². The third kappa shape index (κ3) is 3.79. The number of hydrogen-bond acceptors (Lipinski definition) is 2. The van der Waals surface area contributed by atoms with Gasteiger partial charge in [0, 0.05) is 24.4 Å². The zero-order valence-corrected chi connectivity index (χ0v) is 13.5. The van der Waals surface area contributed by atoms with Crippen molar-refractivity contribution in [1.82, 2.24) is 5.32 Å². The van der Waals surface area contributed by atoms with E-state index in [9.17, 15) is 9.18 Å². The highest BCUT2D eigenvalue weighted by atomic mass is 35.5. The lowest BCUT2D eigenvalue weighted by atomic mass is 9.95. The minimum Gasteiger partial charge on any atom is -0.355 e. The second-order valence-electron chi connectivity index (χ2n) is 6.63. The van der Waals surface area contributed by atoms with Gasteiger partial charge in [-0.05, 0) is 49.3 Å². The summed E-state index contributed by atoms with van der Waals surface area (Å²) in [7, 11) is 0. The van der Waals surface area contributed by atoms with Gasteiger partial charge in [-0.15, -0.1) is 12.4 Å². The molecule has 0 radical (unpaired) electrons. The van der Waals surface area contributed by atoms with Crippen LogP contribution in [0.25, 0.3) is 0 Å². The van der Waals surface area contributed by atoms with Gasteiger partial charge in [0.25, 0.3) is 0 Å². The van der Waals surface area contributed by atoms with Crippen molar-refractivity contribution in [2.75, 3.05) is 6.54 Å². The Labute approximate surface area is 137 Å². The zero-order valence-electron chi connectivity index (χ0n) is 12.7. The minimum absolute atomic E-state index is 0. The highest BCUT2D eigenvalue weighted by Gasteiger charge is 2.44. The number of nitrogens with one attached hydrogen (secondary N) is 1. The molecule has 3 rings (SSSR count). The first kappa shape index (κ1) is 17.2. The summed E-state index contributed by atoms with van der Waals surface area (Å²) in [6.07, 6.45) is 5.78. The fourth-order valence-electron chi connectivity index (χ4n) is 3.43. The van der Waals surface area contributed by atoms with Crippen LogP contribution >= 0.6 is 12.4 Å². The molecule has 3 N–H and O–H groups in total. The Kier molecular flexibility index (Phi) is 5.45. The lowest BCUT2D eigenvalue weighted by Gasteiger charge is -2.19. The minimum atomic E-state index is -0.206. The van der Waals surface area contributed by atoms with Crippen molar-refractivity contribution < 1.29 is 9.18 Å². The summed E-state index contributed by atoms with van der Waals surface area (Å²) in [6.45, 7) is 0.608. The molecule has 0 bridgehead atoms. The standard InChI is InChI=1S/C17H23FN2O.ClH/c18-14-5-2-4-13(10-14)17(7-8-17)11-20-16(21)9-12-3-1-6-15(12)19;/h2,4-5,10,12,15H,1,3,6-9,11,19H2,(H,20,21);1H/t12-,15+;/m0./s1. The van der Waals surface area contributed by atoms with Crippen molar-refractivity contribution in [3.05, 3.63) is 35.6 Å². The van der Waals surface area contributed by atoms with Gasteiger partial charge in [-0.3, -0.25) is 4.79 Å². The van der Waals surface area contributed by atoms with Crippen molar-refractivity contribution in [1.29, 1.82) is 0 Å². The van der Waals surface area contributed by atoms with Gasteiger partial charge in [-0.2, -0.15) is 0 Å². The first-order chi connectivity index (χ1) is 10.1. The molecule has 1 amide bonds. The molecule has 0 unspecified atom stereocenters. The van der Waals surface area contributed by atoms with Crippen LogP contribution in [0.2, 0.25) is 0 Å². The molecule has 1 aromatic rings. The summed E-state index contributed by atoms with van der Waals surface area (Å²) in [5.74, 6) is 0.205. The number of carbonyl (C=O) groups is 1. The number of benzene rings is 1. The van der Waals surface area contributed by atoms with E-state index >= 15 is 0 Å². The van der Waals surface area contributed by atoms with Crippen molar-refractivity contribution >= 4 is 18.3 Å². The highest BCUT2D eigenvalue weighted by molar-refractivity contribution is 5.85. The van der Waals surface area contributed by atoms with E-state index in [2.05, 4.69) is 5.32 Å². The zero-order chi connectivity index (χ0) is 14.9. The van der Waals surface area contributed by atoms with E-state index < -0.39 is 0 Å². The molecule has 2 aliphatic rings. The third-order valence-corrected chi connectivity index (χ3v) is 5.08. The second-order valence-corrected chi connectivity index (χ2v) is 6.63. The van der Waals surface area contributed by atoms with Crippen LogP contribution in [0.15, 0.2) is 24.3 Å². The van der Waals surface area contributed by atoms with Crippen molar-refractivity contribution in [3.63, 3.8) is 0 Å². The van der Waals surface area contributed by atoms with Crippen molar-refractivity contribution in [3.8, 4) is 0 Å². The SMILES string of the molecule is Cl.N[C@@H]1CCC[C@H]1CC(=O)NCC1(c2cccc(F)c2)CC1. The number of carbonyl (C=O) groups excluding carboxylic acids is 1. The largest absolute Gasteiger partial charge is 0.355 e. The molecular formula is C17H24ClFN2O. The Morgan fingerprint density at radius 2 is 2.14 bits per heavy atom. The van der Waals surface area contributed by atoms with Crippen LogP contribution < -0.4 is 11.1 Å². The number of nitrogens with two attached hydrogens (primary N) is 1. The Morgan fingerprint density at radius 1 is 1.36 bits per heavy atom. The molecule has 5 heteroatoms. The van der Waals surface area contributed by atoms with Gasteiger partial charge in [0.15, 0.2) is 0 Å². The first-order valence-electron chi connectivity index (χ1n) is 7.87. The maximum absolute atomic E-state index is 13.3. The highest BCUT2D eigenvalue weighted by Crippen LogP contribution is 2.47. The number of hydrogen-bond donors (Lipinski definition) is 2. The Bertz CT molecular complexity index is 533. The molecule has 0 aliphatic heterocycles. The Hall–Kier alpha value is -1.13. The van der Waals surface area contributed by atoms with Crippen LogP contribution in [0.1, 0.15) is 44.1 Å². The Morgan fingerprint density at radius 3 is 2.73 bits per heavy atom. The van der Waals surface area contributed by atoms with E-state index in [0.717, 1.165) is 37.7 Å². The molecule has 3 nitrogen and oxygen atoms in total. The van der Waals surface area contributed by atoms with E-state index in [1.807, 2.05) is 6.07 Å². The monoisotopic (exact) mass is 326 g/mol. The van der Waals surface area contributed by atoms with Crippen LogP contribution in [0.3, 0.4) is 0 Å². The maximum Gasteiger partial charge on any atom is 0.220 e. The number of halogens is 2. The van der Waals surface area contributed by atoms with Gasteiger partial charge >= 0.3 is 0 Å². The fourth-order valence-corrected chi connectivity index (χ4v) is 3.43. The summed E-state index contributed by atoms with van der Waals surface area (Å²) in [5.41, 5.74) is 6.96. The Balaban J connectivity index is 0.00000176. The van der Waals surface area contributed by atoms with Crippen LogP contribution in [-0.2, 0) is 10.2 Å².